The van der Waals surface area contributed by atoms with Crippen LogP contribution in [0, 0.1) is 5.92 Å². The molecule has 0 saturated carbocycles. The first-order chi connectivity index (χ1) is 12.9. The standard InChI is InChI=1S/C20H18ClNO4S/c21-13-7-9-17-16(11-13)15-8-6-12(10-18(15)22-17)19(20(23)24)27(25,26)14-4-2-1-3-5-14/h1-5,7,9,11-12,19,22H,6,8,10H2,(H,23,24). The molecule has 2 aromatic carbocycles. The fourth-order valence-corrected chi connectivity index (χ4v) is 6.04. The highest BCUT2D eigenvalue weighted by molar-refractivity contribution is 7.92. The van der Waals surface area contributed by atoms with Crippen LogP contribution >= 0.6 is 11.6 Å². The van der Waals surface area contributed by atoms with Gasteiger partial charge in [-0.2, -0.15) is 0 Å². The lowest BCUT2D eigenvalue weighted by atomic mass is 9.84. The number of benzene rings is 2. The third-order valence-electron chi connectivity index (χ3n) is 5.27. The number of H-pyrrole nitrogens is 1. The van der Waals surface area contributed by atoms with Gasteiger partial charge in [-0.1, -0.05) is 29.8 Å². The van der Waals surface area contributed by atoms with Gasteiger partial charge in [0.2, 0.25) is 0 Å². The van der Waals surface area contributed by atoms with E-state index in [1.807, 2.05) is 12.1 Å². The van der Waals surface area contributed by atoms with Gasteiger partial charge in [-0.15, -0.1) is 0 Å². The van der Waals surface area contributed by atoms with Crippen molar-refractivity contribution in [3.63, 3.8) is 0 Å². The van der Waals surface area contributed by atoms with Crippen molar-refractivity contribution in [3.8, 4) is 0 Å². The van der Waals surface area contributed by atoms with Gasteiger partial charge < -0.3 is 10.1 Å². The smallest absolute Gasteiger partial charge is 0.322 e. The van der Waals surface area contributed by atoms with Crippen LogP contribution < -0.4 is 0 Å². The molecule has 3 aromatic rings. The van der Waals surface area contributed by atoms with E-state index < -0.39 is 27.0 Å². The molecule has 0 bridgehead atoms. The Morgan fingerprint density at radius 1 is 1.19 bits per heavy atom. The molecule has 0 saturated heterocycles. The molecule has 2 unspecified atom stereocenters. The molecule has 140 valence electrons. The van der Waals surface area contributed by atoms with E-state index in [-0.39, 0.29) is 4.90 Å². The minimum atomic E-state index is -3.97. The Morgan fingerprint density at radius 3 is 2.63 bits per heavy atom. The molecule has 0 aliphatic heterocycles. The number of carboxylic acids is 1. The molecule has 7 heteroatoms. The summed E-state index contributed by atoms with van der Waals surface area (Å²) >= 11 is 6.10. The molecule has 5 nitrogen and oxygen atoms in total. The van der Waals surface area contributed by atoms with E-state index in [1.54, 1.807) is 24.3 Å². The number of aromatic nitrogens is 1. The minimum Gasteiger partial charge on any atom is -0.480 e. The summed E-state index contributed by atoms with van der Waals surface area (Å²) < 4.78 is 26.0. The Labute approximate surface area is 161 Å². The quantitative estimate of drug-likeness (QED) is 0.692. The van der Waals surface area contributed by atoms with E-state index in [9.17, 15) is 18.3 Å². The molecule has 1 heterocycles. The molecule has 1 aliphatic rings. The van der Waals surface area contributed by atoms with Crippen LogP contribution in [0.2, 0.25) is 5.02 Å². The van der Waals surface area contributed by atoms with Crippen molar-refractivity contribution in [2.75, 3.05) is 0 Å². The van der Waals surface area contributed by atoms with Gasteiger partial charge in [0.25, 0.3) is 0 Å². The molecule has 27 heavy (non-hydrogen) atoms. The number of aryl methyl sites for hydroxylation is 1. The molecular formula is C20H18ClNO4S. The zero-order valence-corrected chi connectivity index (χ0v) is 15.9. The Morgan fingerprint density at radius 2 is 1.93 bits per heavy atom. The fourth-order valence-electron chi connectivity index (χ4n) is 4.03. The van der Waals surface area contributed by atoms with Crippen LogP contribution in [-0.2, 0) is 27.5 Å². The summed E-state index contributed by atoms with van der Waals surface area (Å²) in [5, 5.41) is 9.93. The molecule has 1 aliphatic carbocycles. The van der Waals surface area contributed by atoms with Crippen LogP contribution in [-0.4, -0.2) is 29.7 Å². The number of fused-ring (bicyclic) bond motifs is 3. The van der Waals surface area contributed by atoms with E-state index >= 15 is 0 Å². The maximum Gasteiger partial charge on any atom is 0.322 e. The van der Waals surface area contributed by atoms with Crippen molar-refractivity contribution in [1.29, 1.82) is 0 Å². The first-order valence-corrected chi connectivity index (χ1v) is 10.6. The zero-order valence-electron chi connectivity index (χ0n) is 14.4. The summed E-state index contributed by atoms with van der Waals surface area (Å²) in [4.78, 5) is 15.3. The SMILES string of the molecule is O=C(O)C(C1CCc2c([nH]c3ccc(Cl)cc23)C1)S(=O)(=O)c1ccccc1. The van der Waals surface area contributed by atoms with Crippen molar-refractivity contribution in [2.45, 2.75) is 29.4 Å². The number of carbonyl (C=O) groups is 1. The van der Waals surface area contributed by atoms with Gasteiger partial charge in [0.05, 0.1) is 4.90 Å². The molecule has 2 atom stereocenters. The van der Waals surface area contributed by atoms with Crippen LogP contribution in [0.15, 0.2) is 53.4 Å². The van der Waals surface area contributed by atoms with Crippen LogP contribution in [0.3, 0.4) is 0 Å². The second kappa shape index (κ2) is 6.69. The van der Waals surface area contributed by atoms with Crippen LogP contribution in [0.4, 0.5) is 0 Å². The summed E-state index contributed by atoms with van der Waals surface area (Å²) in [5.74, 6) is -1.80. The average molecular weight is 404 g/mol. The van der Waals surface area contributed by atoms with Crippen LogP contribution in [0.25, 0.3) is 10.9 Å². The van der Waals surface area contributed by atoms with E-state index in [4.69, 9.17) is 11.6 Å². The fraction of sp³-hybridized carbons (Fsp3) is 0.250. The summed E-state index contributed by atoms with van der Waals surface area (Å²) in [5.41, 5.74) is 2.94. The molecule has 2 N–H and O–H groups in total. The van der Waals surface area contributed by atoms with Gasteiger partial charge in [-0.05, 0) is 61.1 Å². The minimum absolute atomic E-state index is 0.0478. The zero-order chi connectivity index (χ0) is 19.2. The molecule has 1 aromatic heterocycles. The number of carboxylic acid groups (broad SMARTS) is 1. The lowest BCUT2D eigenvalue weighted by Gasteiger charge is -2.27. The van der Waals surface area contributed by atoms with E-state index in [0.717, 1.165) is 22.2 Å². The number of nitrogens with one attached hydrogen (secondary N) is 1. The van der Waals surface area contributed by atoms with Crippen LogP contribution in [0.1, 0.15) is 17.7 Å². The maximum atomic E-state index is 13.0. The second-order valence-corrected chi connectivity index (χ2v) is 9.40. The third-order valence-corrected chi connectivity index (χ3v) is 7.69. The Balaban J connectivity index is 1.72. The maximum absolute atomic E-state index is 13.0. The highest BCUT2D eigenvalue weighted by atomic mass is 35.5. The number of aliphatic carboxylic acids is 1. The number of aromatic amines is 1. The second-order valence-electron chi connectivity index (χ2n) is 6.89. The molecular weight excluding hydrogens is 386 g/mol. The molecule has 0 spiro atoms. The summed E-state index contributed by atoms with van der Waals surface area (Å²) in [6.45, 7) is 0. The molecule has 4 rings (SSSR count). The highest BCUT2D eigenvalue weighted by Gasteiger charge is 2.42. The Bertz CT molecular complexity index is 1120. The first-order valence-electron chi connectivity index (χ1n) is 8.68. The predicted molar refractivity (Wildman–Crippen MR) is 104 cm³/mol. The Kier molecular flexibility index (Phi) is 4.48. The van der Waals surface area contributed by atoms with Crippen molar-refractivity contribution in [2.24, 2.45) is 5.92 Å². The number of rotatable bonds is 4. The van der Waals surface area contributed by atoms with E-state index in [1.165, 1.54) is 12.1 Å². The van der Waals surface area contributed by atoms with E-state index in [2.05, 4.69) is 4.98 Å². The van der Waals surface area contributed by atoms with Crippen LogP contribution in [0.5, 0.6) is 0 Å². The normalized spacial score (nSPS) is 18.2. The van der Waals surface area contributed by atoms with E-state index in [0.29, 0.717) is 24.3 Å². The molecule has 0 fully saturated rings. The van der Waals surface area contributed by atoms with Gasteiger partial charge in [0, 0.05) is 21.6 Å². The van der Waals surface area contributed by atoms with Crippen molar-refractivity contribution in [1.82, 2.24) is 4.98 Å². The monoisotopic (exact) mass is 403 g/mol. The van der Waals surface area contributed by atoms with Crippen molar-refractivity contribution < 1.29 is 18.3 Å². The number of hydrogen-bond donors (Lipinski definition) is 2. The summed E-state index contributed by atoms with van der Waals surface area (Å²) in [6, 6.07) is 13.4. The van der Waals surface area contributed by atoms with Gasteiger partial charge in [0.1, 0.15) is 0 Å². The van der Waals surface area contributed by atoms with Gasteiger partial charge in [-0.3, -0.25) is 4.79 Å². The van der Waals surface area contributed by atoms with Gasteiger partial charge in [-0.25, -0.2) is 8.42 Å². The number of hydrogen-bond acceptors (Lipinski definition) is 3. The lowest BCUT2D eigenvalue weighted by molar-refractivity contribution is -0.137. The Hall–Kier alpha value is -2.31. The number of halogens is 1. The molecule has 0 amide bonds. The summed E-state index contributed by atoms with van der Waals surface area (Å²) in [7, 11) is -3.97. The number of sulfone groups is 1. The van der Waals surface area contributed by atoms with Gasteiger partial charge >= 0.3 is 5.97 Å². The largest absolute Gasteiger partial charge is 0.480 e. The predicted octanol–water partition coefficient (Wildman–Crippen LogP) is 3.85. The third kappa shape index (κ3) is 3.13. The summed E-state index contributed by atoms with van der Waals surface area (Å²) in [6.07, 6.45) is 1.49. The average Bonchev–Trinajstić information content (AvgIpc) is 2.99. The molecule has 0 radical (unpaired) electrons. The highest BCUT2D eigenvalue weighted by Crippen LogP contribution is 2.36. The lowest BCUT2D eigenvalue weighted by Crippen LogP contribution is -2.40. The van der Waals surface area contributed by atoms with Crippen molar-refractivity contribution >= 4 is 38.3 Å². The van der Waals surface area contributed by atoms with Crippen molar-refractivity contribution in [3.05, 3.63) is 64.8 Å². The first kappa shape index (κ1) is 18.1. The topological polar surface area (TPSA) is 87.2 Å². The van der Waals surface area contributed by atoms with Gasteiger partial charge in [0.15, 0.2) is 15.1 Å².